The topological polar surface area (TPSA) is 17.1 Å². The lowest BCUT2D eigenvalue weighted by Crippen LogP contribution is -1.93. The summed E-state index contributed by atoms with van der Waals surface area (Å²) in [5.74, 6) is 0.117. The molecule has 0 aliphatic heterocycles. The number of ketones is 1. The fourth-order valence-electron chi connectivity index (χ4n) is 1.80. The second-order valence-electron chi connectivity index (χ2n) is 6.08. The number of carbonyl (C=O) groups is 1. The molecule has 1 nitrogen and oxygen atoms in total. The van der Waals surface area contributed by atoms with Crippen LogP contribution in [0.1, 0.15) is 74.5 Å². The molecule has 0 saturated heterocycles. The first-order valence-electron chi connectivity index (χ1n) is 9.21. The molecule has 0 bridgehead atoms. The first-order chi connectivity index (χ1) is 12.0. The molecule has 0 aliphatic carbocycles. The van der Waals surface area contributed by atoms with E-state index >= 15 is 0 Å². The van der Waals surface area contributed by atoms with Crippen molar-refractivity contribution in [3.8, 4) is 0 Å². The molecule has 2 rings (SSSR count). The van der Waals surface area contributed by atoms with Crippen molar-refractivity contribution in [2.45, 2.75) is 60.8 Å². The summed E-state index contributed by atoms with van der Waals surface area (Å²) in [6.07, 6.45) is 7.55. The van der Waals surface area contributed by atoms with Gasteiger partial charge in [0.1, 0.15) is 0 Å². The molecule has 0 fully saturated rings. The highest BCUT2D eigenvalue weighted by Gasteiger charge is 2.00. The maximum absolute atomic E-state index is 11.2. The van der Waals surface area contributed by atoms with E-state index < -0.39 is 0 Å². The number of rotatable bonds is 4. The van der Waals surface area contributed by atoms with Crippen molar-refractivity contribution in [2.75, 3.05) is 0 Å². The fraction of sp³-hybridized carbons (Fsp3) is 0.375. The molecule has 0 unspecified atom stereocenters. The summed E-state index contributed by atoms with van der Waals surface area (Å²) in [6, 6.07) is 16.4. The SMILES string of the molecule is C/C=C\C.CC(=O)c1ccc(Cc2ccc(C)cc2)cc1.CCCC. The number of carbonyl (C=O) groups excluding carboxylic acids is 1. The van der Waals surface area contributed by atoms with E-state index in [4.69, 9.17) is 0 Å². The zero-order chi connectivity index (χ0) is 19.1. The van der Waals surface area contributed by atoms with Gasteiger partial charge in [0, 0.05) is 5.56 Å². The third kappa shape index (κ3) is 11.1. The molecule has 0 N–H and O–H groups in total. The van der Waals surface area contributed by atoms with Gasteiger partial charge < -0.3 is 0 Å². The molecule has 0 heterocycles. The van der Waals surface area contributed by atoms with Crippen molar-refractivity contribution >= 4 is 5.78 Å². The van der Waals surface area contributed by atoms with Gasteiger partial charge in [0.15, 0.2) is 5.78 Å². The van der Waals surface area contributed by atoms with Crippen molar-refractivity contribution in [1.82, 2.24) is 0 Å². The Labute approximate surface area is 154 Å². The number of benzene rings is 2. The average Bonchev–Trinajstić information content (AvgIpc) is 2.64. The van der Waals surface area contributed by atoms with E-state index in [-0.39, 0.29) is 5.78 Å². The Morgan fingerprint density at radius 2 is 1.20 bits per heavy atom. The van der Waals surface area contributed by atoms with Crippen LogP contribution in [-0.2, 0) is 6.42 Å². The molecule has 0 radical (unpaired) electrons. The van der Waals surface area contributed by atoms with Crippen LogP contribution in [-0.4, -0.2) is 5.78 Å². The lowest BCUT2D eigenvalue weighted by molar-refractivity contribution is 0.101. The highest BCUT2D eigenvalue weighted by molar-refractivity contribution is 5.94. The summed E-state index contributed by atoms with van der Waals surface area (Å²) < 4.78 is 0. The lowest BCUT2D eigenvalue weighted by Gasteiger charge is -2.03. The van der Waals surface area contributed by atoms with Crippen LogP contribution in [0.3, 0.4) is 0 Å². The van der Waals surface area contributed by atoms with E-state index in [1.54, 1.807) is 6.92 Å². The van der Waals surface area contributed by atoms with Crippen LogP contribution in [0.4, 0.5) is 0 Å². The van der Waals surface area contributed by atoms with Crippen molar-refractivity contribution in [2.24, 2.45) is 0 Å². The predicted molar refractivity (Wildman–Crippen MR) is 112 cm³/mol. The van der Waals surface area contributed by atoms with E-state index in [2.05, 4.69) is 45.0 Å². The lowest BCUT2D eigenvalue weighted by atomic mass is 10.0. The zero-order valence-corrected chi connectivity index (χ0v) is 16.8. The Balaban J connectivity index is 0.000000609. The van der Waals surface area contributed by atoms with Gasteiger partial charge in [-0.25, -0.2) is 0 Å². The van der Waals surface area contributed by atoms with Crippen LogP contribution in [0.15, 0.2) is 60.7 Å². The molecule has 25 heavy (non-hydrogen) atoms. The molecule has 1 heteroatoms. The van der Waals surface area contributed by atoms with Gasteiger partial charge >= 0.3 is 0 Å². The second kappa shape index (κ2) is 14.2. The second-order valence-corrected chi connectivity index (χ2v) is 6.08. The third-order valence-corrected chi connectivity index (χ3v) is 3.72. The zero-order valence-electron chi connectivity index (χ0n) is 16.8. The Kier molecular flexibility index (Phi) is 13.0. The third-order valence-electron chi connectivity index (χ3n) is 3.72. The van der Waals surface area contributed by atoms with E-state index in [1.807, 2.05) is 50.3 Å². The normalized spacial score (nSPS) is 9.68. The molecule has 0 aliphatic rings. The highest BCUT2D eigenvalue weighted by atomic mass is 16.1. The maximum atomic E-state index is 11.2. The quantitative estimate of drug-likeness (QED) is 0.426. The smallest absolute Gasteiger partial charge is 0.159 e. The van der Waals surface area contributed by atoms with E-state index in [0.29, 0.717) is 0 Å². The monoisotopic (exact) mass is 338 g/mol. The van der Waals surface area contributed by atoms with Gasteiger partial charge in [0.25, 0.3) is 0 Å². The minimum Gasteiger partial charge on any atom is -0.295 e. The van der Waals surface area contributed by atoms with Gasteiger partial charge in [0.05, 0.1) is 0 Å². The number of aryl methyl sites for hydroxylation is 1. The van der Waals surface area contributed by atoms with Gasteiger partial charge in [-0.3, -0.25) is 4.79 Å². The number of hydrogen-bond acceptors (Lipinski definition) is 1. The molecule has 136 valence electrons. The van der Waals surface area contributed by atoms with Crippen molar-refractivity contribution in [3.63, 3.8) is 0 Å². The molecule has 0 atom stereocenters. The van der Waals surface area contributed by atoms with Crippen LogP contribution < -0.4 is 0 Å². The largest absolute Gasteiger partial charge is 0.295 e. The van der Waals surface area contributed by atoms with Crippen LogP contribution in [0.5, 0.6) is 0 Å². The van der Waals surface area contributed by atoms with Crippen molar-refractivity contribution in [3.05, 3.63) is 82.9 Å². The van der Waals surface area contributed by atoms with Crippen molar-refractivity contribution < 1.29 is 4.79 Å². The van der Waals surface area contributed by atoms with Crippen LogP contribution in [0.2, 0.25) is 0 Å². The van der Waals surface area contributed by atoms with Gasteiger partial charge in [-0.2, -0.15) is 0 Å². The van der Waals surface area contributed by atoms with E-state index in [0.717, 1.165) is 12.0 Å². The maximum Gasteiger partial charge on any atom is 0.159 e. The summed E-state index contributed by atoms with van der Waals surface area (Å²) in [6.45, 7) is 12.0. The minimum atomic E-state index is 0.117. The Morgan fingerprint density at radius 3 is 1.52 bits per heavy atom. The standard InChI is InChI=1S/C16H16O.C4H10.C4H8/c1-12-3-5-14(6-4-12)11-15-7-9-16(10-8-15)13(2)17;2*1-3-4-2/h3-10H,11H2,1-2H3;3-4H2,1-2H3;3-4H,1-2H3/b;;4-3-. The number of hydrogen-bond donors (Lipinski definition) is 0. The van der Waals surface area contributed by atoms with Crippen LogP contribution in [0.25, 0.3) is 0 Å². The van der Waals surface area contributed by atoms with Crippen LogP contribution in [0, 0.1) is 6.92 Å². The van der Waals surface area contributed by atoms with E-state index in [1.165, 1.54) is 29.5 Å². The molecule has 0 spiro atoms. The number of Topliss-reactive ketones (excluding diaryl/α,β-unsaturated/α-hetero) is 1. The Bertz CT molecular complexity index is 598. The fourth-order valence-corrected chi connectivity index (χ4v) is 1.80. The first kappa shape index (κ1) is 22.9. The Hall–Kier alpha value is -2.15. The van der Waals surface area contributed by atoms with Gasteiger partial charge in [0.2, 0.25) is 0 Å². The minimum absolute atomic E-state index is 0.117. The van der Waals surface area contributed by atoms with Gasteiger partial charge in [-0.1, -0.05) is 92.9 Å². The molecular formula is C24H34O. The van der Waals surface area contributed by atoms with Crippen molar-refractivity contribution in [1.29, 1.82) is 0 Å². The summed E-state index contributed by atoms with van der Waals surface area (Å²) >= 11 is 0. The molecule has 2 aromatic carbocycles. The summed E-state index contributed by atoms with van der Waals surface area (Å²) in [7, 11) is 0. The number of unbranched alkanes of at least 4 members (excludes halogenated alkanes) is 1. The Morgan fingerprint density at radius 1 is 0.800 bits per heavy atom. The molecule has 2 aromatic rings. The molecular weight excluding hydrogens is 304 g/mol. The average molecular weight is 339 g/mol. The molecule has 0 aromatic heterocycles. The summed E-state index contributed by atoms with van der Waals surface area (Å²) in [5, 5.41) is 0. The summed E-state index contributed by atoms with van der Waals surface area (Å²) in [4.78, 5) is 11.2. The number of allylic oxidation sites excluding steroid dienone is 2. The molecule has 0 amide bonds. The van der Waals surface area contributed by atoms with E-state index in [9.17, 15) is 4.79 Å². The van der Waals surface area contributed by atoms with Gasteiger partial charge in [-0.15, -0.1) is 0 Å². The predicted octanol–water partition coefficient (Wildman–Crippen LogP) is 7.18. The first-order valence-corrected chi connectivity index (χ1v) is 9.21. The molecule has 0 saturated carbocycles. The van der Waals surface area contributed by atoms with Crippen LogP contribution >= 0.6 is 0 Å². The van der Waals surface area contributed by atoms with Gasteiger partial charge in [-0.05, 0) is 45.2 Å². The summed E-state index contributed by atoms with van der Waals surface area (Å²) in [5.41, 5.74) is 4.59. The highest BCUT2D eigenvalue weighted by Crippen LogP contribution is 2.12.